The summed E-state index contributed by atoms with van der Waals surface area (Å²) in [4.78, 5) is 14.1. The zero-order chi connectivity index (χ0) is 14.0. The van der Waals surface area contributed by atoms with Crippen LogP contribution in [-0.2, 0) is 14.1 Å². The molecule has 0 aromatic carbocycles. The first-order valence-electron chi connectivity index (χ1n) is 6.63. The van der Waals surface area contributed by atoms with Crippen LogP contribution in [0.3, 0.4) is 0 Å². The zero-order valence-electron chi connectivity index (χ0n) is 11.8. The van der Waals surface area contributed by atoms with E-state index in [1.165, 1.54) is 0 Å². The summed E-state index contributed by atoms with van der Waals surface area (Å²) in [6.07, 6.45) is 2.97. The summed E-state index contributed by atoms with van der Waals surface area (Å²) in [5.41, 5.74) is 2.34. The van der Waals surface area contributed by atoms with Gasteiger partial charge in [0.25, 0.3) is 0 Å². The number of nitrogens with zero attached hydrogens (tertiary/aromatic N) is 1. The van der Waals surface area contributed by atoms with Gasteiger partial charge in [0.05, 0.1) is 18.8 Å². The summed E-state index contributed by atoms with van der Waals surface area (Å²) >= 11 is 0. The van der Waals surface area contributed by atoms with Crippen molar-refractivity contribution in [1.29, 1.82) is 0 Å². The van der Waals surface area contributed by atoms with Crippen molar-refractivity contribution in [1.82, 2.24) is 4.90 Å². The Kier molecular flexibility index (Phi) is 4.34. The van der Waals surface area contributed by atoms with E-state index in [-0.39, 0.29) is 11.1 Å². The highest BCUT2D eigenvalue weighted by Crippen LogP contribution is 2.37. The summed E-state index contributed by atoms with van der Waals surface area (Å²) in [5, 5.41) is 0. The monoisotopic (exact) mass is 282 g/mol. The van der Waals surface area contributed by atoms with E-state index in [1.807, 2.05) is 13.8 Å². The minimum Gasteiger partial charge on any atom is -0.379 e. The first-order chi connectivity index (χ1) is 8.98. The molecule has 2 rings (SSSR count). The number of carbonyl (C=O) groups is 1. The summed E-state index contributed by atoms with van der Waals surface area (Å²) in [6, 6.07) is 0. The van der Waals surface area contributed by atoms with Gasteiger partial charge in [0, 0.05) is 18.6 Å². The molecule has 1 fully saturated rings. The molecule has 0 aromatic rings. The molecule has 2 atom stereocenters. The van der Waals surface area contributed by atoms with Gasteiger partial charge in [-0.2, -0.15) is 0 Å². The number of morpholine rings is 1. The maximum Gasteiger partial charge on any atom is 0.406 e. The SMILES string of the molecule is CC1=CC(C)(N2CCOCC2)CC(C)=C1C(=O)[PH+]=O. The molecule has 0 saturated carbocycles. The highest BCUT2D eigenvalue weighted by molar-refractivity contribution is 7.47. The van der Waals surface area contributed by atoms with E-state index in [0.717, 1.165) is 43.9 Å². The van der Waals surface area contributed by atoms with Crippen LogP contribution in [0.2, 0.25) is 0 Å². The van der Waals surface area contributed by atoms with Crippen molar-refractivity contribution in [2.45, 2.75) is 32.7 Å². The lowest BCUT2D eigenvalue weighted by Gasteiger charge is -2.44. The third-order valence-corrected chi connectivity index (χ3v) is 4.46. The Morgan fingerprint density at radius 2 is 2.00 bits per heavy atom. The summed E-state index contributed by atoms with van der Waals surface area (Å²) in [7, 11) is -0.899. The smallest absolute Gasteiger partial charge is 0.379 e. The zero-order valence-corrected chi connectivity index (χ0v) is 12.8. The molecular weight excluding hydrogens is 261 g/mol. The molecule has 1 saturated heterocycles. The molecule has 2 unspecified atom stereocenters. The van der Waals surface area contributed by atoms with Crippen LogP contribution in [0, 0.1) is 0 Å². The van der Waals surface area contributed by atoms with Crippen molar-refractivity contribution in [2.24, 2.45) is 0 Å². The van der Waals surface area contributed by atoms with E-state index in [9.17, 15) is 9.36 Å². The average Bonchev–Trinajstić information content (AvgIpc) is 2.38. The molecule has 2 aliphatic rings. The number of hydrogen-bond acceptors (Lipinski definition) is 4. The maximum absolute atomic E-state index is 11.7. The van der Waals surface area contributed by atoms with Crippen LogP contribution >= 0.6 is 8.46 Å². The van der Waals surface area contributed by atoms with Gasteiger partial charge in [-0.05, 0) is 32.8 Å². The van der Waals surface area contributed by atoms with Gasteiger partial charge in [0.15, 0.2) is 0 Å². The molecule has 0 spiro atoms. The average molecular weight is 282 g/mol. The highest BCUT2D eigenvalue weighted by atomic mass is 31.1. The molecule has 0 amide bonds. The molecule has 19 heavy (non-hydrogen) atoms. The van der Waals surface area contributed by atoms with Gasteiger partial charge >= 0.3 is 14.0 Å². The molecule has 1 aliphatic carbocycles. The predicted octanol–water partition coefficient (Wildman–Crippen LogP) is 2.29. The van der Waals surface area contributed by atoms with Crippen LogP contribution in [0.25, 0.3) is 0 Å². The van der Waals surface area contributed by atoms with Crippen LogP contribution in [-0.4, -0.2) is 42.3 Å². The molecule has 1 aliphatic heterocycles. The van der Waals surface area contributed by atoms with Gasteiger partial charge in [-0.15, -0.1) is 0 Å². The van der Waals surface area contributed by atoms with Crippen molar-refractivity contribution in [2.75, 3.05) is 26.3 Å². The molecule has 4 nitrogen and oxygen atoms in total. The molecule has 1 heterocycles. The first-order valence-corrected chi connectivity index (χ1v) is 7.53. The van der Waals surface area contributed by atoms with Gasteiger partial charge in [-0.1, -0.05) is 16.2 Å². The van der Waals surface area contributed by atoms with E-state index in [4.69, 9.17) is 4.74 Å². The highest BCUT2D eigenvalue weighted by Gasteiger charge is 2.37. The Balaban J connectivity index is 2.27. The van der Waals surface area contributed by atoms with Crippen LogP contribution < -0.4 is 0 Å². The van der Waals surface area contributed by atoms with E-state index >= 15 is 0 Å². The number of carbonyl (C=O) groups excluding carboxylic acids is 1. The normalized spacial score (nSPS) is 29.5. The number of hydrogen-bond donors (Lipinski definition) is 0. The Bertz CT molecular complexity index is 463. The fraction of sp³-hybridized carbons (Fsp3) is 0.643. The first kappa shape index (κ1) is 14.6. The third-order valence-electron chi connectivity index (χ3n) is 4.02. The predicted molar refractivity (Wildman–Crippen MR) is 75.9 cm³/mol. The van der Waals surface area contributed by atoms with E-state index in [0.29, 0.717) is 5.57 Å². The van der Waals surface area contributed by atoms with Crippen molar-refractivity contribution >= 4 is 14.0 Å². The van der Waals surface area contributed by atoms with Gasteiger partial charge in [0.1, 0.15) is 0 Å². The van der Waals surface area contributed by atoms with Crippen molar-refractivity contribution < 1.29 is 14.1 Å². The third kappa shape index (κ3) is 2.86. The van der Waals surface area contributed by atoms with Crippen molar-refractivity contribution in [3.8, 4) is 0 Å². The van der Waals surface area contributed by atoms with E-state index in [1.54, 1.807) is 0 Å². The molecule has 104 valence electrons. The lowest BCUT2D eigenvalue weighted by atomic mass is 9.80. The molecule has 0 aromatic heterocycles. The second kappa shape index (κ2) is 5.66. The second-order valence-electron chi connectivity index (χ2n) is 5.55. The van der Waals surface area contributed by atoms with Gasteiger partial charge in [-0.3, -0.25) is 4.90 Å². The summed E-state index contributed by atoms with van der Waals surface area (Å²) in [5.74, 6) is 0. The number of ether oxygens (including phenoxy) is 1. The Morgan fingerprint density at radius 1 is 1.37 bits per heavy atom. The van der Waals surface area contributed by atoms with Crippen LogP contribution in [0.4, 0.5) is 0 Å². The van der Waals surface area contributed by atoms with Gasteiger partial charge < -0.3 is 4.74 Å². The standard InChI is InChI=1S/C14H20NO3P/c1-10-8-14(3,15-4-6-18-7-5-15)9-11(2)12(10)13(16)19-17/h8H,4-7,9H2,1-3H3/p+1. The Hall–Kier alpha value is -0.830. The lowest BCUT2D eigenvalue weighted by Crippen LogP contribution is -2.51. The summed E-state index contributed by atoms with van der Waals surface area (Å²) < 4.78 is 16.3. The molecule has 5 heteroatoms. The molecule has 0 radical (unpaired) electrons. The Morgan fingerprint density at radius 3 is 2.53 bits per heavy atom. The number of rotatable bonds is 3. The fourth-order valence-corrected chi connectivity index (χ4v) is 3.77. The second-order valence-corrected chi connectivity index (χ2v) is 6.21. The Labute approximate surface area is 115 Å². The maximum atomic E-state index is 11.7. The van der Waals surface area contributed by atoms with Crippen LogP contribution in [0.1, 0.15) is 27.2 Å². The lowest BCUT2D eigenvalue weighted by molar-refractivity contribution is -0.108. The molecular formula is C14H21NO3P+. The van der Waals surface area contributed by atoms with Gasteiger partial charge in [-0.25, -0.2) is 4.79 Å². The van der Waals surface area contributed by atoms with Gasteiger partial charge in [0.2, 0.25) is 0 Å². The van der Waals surface area contributed by atoms with Crippen LogP contribution in [0.15, 0.2) is 22.8 Å². The van der Waals surface area contributed by atoms with Crippen LogP contribution in [0.5, 0.6) is 0 Å². The fourth-order valence-electron chi connectivity index (χ4n) is 3.25. The summed E-state index contributed by atoms with van der Waals surface area (Å²) in [6.45, 7) is 9.47. The largest absolute Gasteiger partial charge is 0.406 e. The minimum atomic E-state index is -0.899. The topological polar surface area (TPSA) is 46.6 Å². The van der Waals surface area contributed by atoms with Crippen molar-refractivity contribution in [3.63, 3.8) is 0 Å². The van der Waals surface area contributed by atoms with Crippen molar-refractivity contribution in [3.05, 3.63) is 22.8 Å². The van der Waals surface area contributed by atoms with E-state index in [2.05, 4.69) is 17.9 Å². The number of allylic oxidation sites excluding steroid dienone is 2. The quantitative estimate of drug-likeness (QED) is 0.745. The van der Waals surface area contributed by atoms with E-state index < -0.39 is 8.46 Å². The molecule has 0 bridgehead atoms. The minimum absolute atomic E-state index is 0.0618. The molecule has 0 N–H and O–H groups in total.